The van der Waals surface area contributed by atoms with Crippen molar-refractivity contribution in [2.24, 2.45) is 5.10 Å². The first kappa shape index (κ1) is 21.1. The number of halogens is 1. The lowest BCUT2D eigenvalue weighted by Gasteiger charge is -2.01. The number of benzene rings is 3. The molecule has 0 aliphatic heterocycles. The van der Waals surface area contributed by atoms with Crippen molar-refractivity contribution in [2.45, 2.75) is 6.92 Å². The van der Waals surface area contributed by atoms with Gasteiger partial charge in [0.25, 0.3) is 5.91 Å². The van der Waals surface area contributed by atoms with Gasteiger partial charge in [0, 0.05) is 27.4 Å². The fraction of sp³-hybridized carbons (Fsp3) is 0.0385. The number of carbonyl (C=O) groups excluding carboxylic acids is 1. The highest BCUT2D eigenvalue weighted by Crippen LogP contribution is 2.35. The molecule has 0 atom stereocenters. The first-order valence-corrected chi connectivity index (χ1v) is 11.5. The summed E-state index contributed by atoms with van der Waals surface area (Å²) < 4.78 is 2.77. The molecule has 2 heterocycles. The van der Waals surface area contributed by atoms with Crippen LogP contribution in [0.3, 0.4) is 0 Å². The normalized spacial score (nSPS) is 11.3. The summed E-state index contributed by atoms with van der Waals surface area (Å²) in [6, 6.07) is 25.7. The molecule has 0 bridgehead atoms. The molecule has 0 fully saturated rings. The highest BCUT2D eigenvalue weighted by Gasteiger charge is 2.17. The Labute approximate surface area is 200 Å². The number of aryl methyl sites for hydroxylation is 1. The number of hydrogen-bond acceptors (Lipinski definition) is 4. The number of nitrogens with one attached hydrogen (secondary N) is 1. The third kappa shape index (κ3) is 4.31. The fourth-order valence-corrected chi connectivity index (χ4v) is 4.99. The summed E-state index contributed by atoms with van der Waals surface area (Å²) in [6.45, 7) is 2.04. The van der Waals surface area contributed by atoms with Crippen molar-refractivity contribution in [3.8, 4) is 16.9 Å². The molecule has 0 aliphatic rings. The van der Waals surface area contributed by atoms with Gasteiger partial charge in [-0.05, 0) is 31.2 Å². The minimum absolute atomic E-state index is 0.343. The third-order valence-electron chi connectivity index (χ3n) is 5.17. The number of rotatable bonds is 5. The maximum atomic E-state index is 12.7. The zero-order valence-corrected chi connectivity index (χ0v) is 19.3. The molecule has 162 valence electrons. The van der Waals surface area contributed by atoms with Crippen molar-refractivity contribution >= 4 is 45.1 Å². The molecule has 0 radical (unpaired) electrons. The SMILES string of the molecule is Cc1cccc(-c2nn(-c3ccccc3)cc2/C=N\NC(=O)c2sc3ccccc3c2Cl)c1. The molecule has 5 nitrogen and oxygen atoms in total. The van der Waals surface area contributed by atoms with E-state index in [4.69, 9.17) is 16.7 Å². The van der Waals surface area contributed by atoms with E-state index in [9.17, 15) is 4.79 Å². The van der Waals surface area contributed by atoms with Crippen molar-refractivity contribution in [1.82, 2.24) is 15.2 Å². The Morgan fingerprint density at radius 1 is 1.06 bits per heavy atom. The lowest BCUT2D eigenvalue weighted by atomic mass is 10.1. The largest absolute Gasteiger partial charge is 0.283 e. The number of para-hydroxylation sites is 1. The van der Waals surface area contributed by atoms with E-state index >= 15 is 0 Å². The number of aromatic nitrogens is 2. The smallest absolute Gasteiger partial charge is 0.266 e. The lowest BCUT2D eigenvalue weighted by molar-refractivity contribution is 0.0959. The van der Waals surface area contributed by atoms with E-state index in [0.29, 0.717) is 9.90 Å². The van der Waals surface area contributed by atoms with Crippen LogP contribution in [-0.2, 0) is 0 Å². The number of nitrogens with zero attached hydrogens (tertiary/aromatic N) is 3. The van der Waals surface area contributed by atoms with E-state index in [1.165, 1.54) is 11.3 Å². The molecular formula is C26H19ClN4OS. The molecule has 0 saturated heterocycles. The Morgan fingerprint density at radius 2 is 1.85 bits per heavy atom. The van der Waals surface area contributed by atoms with Gasteiger partial charge in [0.05, 0.1) is 16.9 Å². The predicted octanol–water partition coefficient (Wildman–Crippen LogP) is 6.48. The van der Waals surface area contributed by atoms with E-state index < -0.39 is 0 Å². The molecule has 5 aromatic rings. The van der Waals surface area contributed by atoms with Gasteiger partial charge < -0.3 is 0 Å². The van der Waals surface area contributed by atoms with Crippen LogP contribution in [-0.4, -0.2) is 21.9 Å². The second-order valence-corrected chi connectivity index (χ2v) is 8.95. The van der Waals surface area contributed by atoms with E-state index in [1.54, 1.807) is 6.21 Å². The molecule has 0 aliphatic carbocycles. The van der Waals surface area contributed by atoms with Gasteiger partial charge in [0.15, 0.2) is 0 Å². The maximum Gasteiger partial charge on any atom is 0.283 e. The molecule has 0 saturated carbocycles. The molecule has 33 heavy (non-hydrogen) atoms. The zero-order valence-electron chi connectivity index (χ0n) is 17.7. The number of carbonyl (C=O) groups is 1. The summed E-state index contributed by atoms with van der Waals surface area (Å²) >= 11 is 7.77. The molecule has 3 aromatic carbocycles. The summed E-state index contributed by atoms with van der Waals surface area (Å²) in [5.74, 6) is -0.343. The first-order valence-electron chi connectivity index (χ1n) is 10.3. The molecule has 1 N–H and O–H groups in total. The van der Waals surface area contributed by atoms with Crippen LogP contribution in [0.4, 0.5) is 0 Å². The van der Waals surface area contributed by atoms with Crippen molar-refractivity contribution in [1.29, 1.82) is 0 Å². The summed E-state index contributed by atoms with van der Waals surface area (Å²) in [5.41, 5.74) is 7.22. The Kier molecular flexibility index (Phi) is 5.77. The molecule has 0 spiro atoms. The fourth-order valence-electron chi connectivity index (χ4n) is 3.58. The van der Waals surface area contributed by atoms with Gasteiger partial charge in [-0.1, -0.05) is 71.8 Å². The second kappa shape index (κ2) is 9.02. The minimum atomic E-state index is -0.343. The van der Waals surface area contributed by atoms with Gasteiger partial charge in [-0.15, -0.1) is 11.3 Å². The van der Waals surface area contributed by atoms with E-state index in [1.807, 2.05) is 90.6 Å². The van der Waals surface area contributed by atoms with E-state index in [2.05, 4.69) is 16.6 Å². The van der Waals surface area contributed by atoms with E-state index in [-0.39, 0.29) is 5.91 Å². The van der Waals surface area contributed by atoms with Gasteiger partial charge in [-0.25, -0.2) is 10.1 Å². The van der Waals surface area contributed by atoms with Gasteiger partial charge in [0.1, 0.15) is 10.6 Å². The van der Waals surface area contributed by atoms with Crippen LogP contribution in [0.2, 0.25) is 5.02 Å². The molecular weight excluding hydrogens is 452 g/mol. The zero-order chi connectivity index (χ0) is 22.8. The summed E-state index contributed by atoms with van der Waals surface area (Å²) in [4.78, 5) is 13.2. The van der Waals surface area contributed by atoms with Crippen molar-refractivity contribution in [2.75, 3.05) is 0 Å². The van der Waals surface area contributed by atoms with Crippen LogP contribution in [0.1, 0.15) is 20.8 Å². The van der Waals surface area contributed by atoms with Crippen molar-refractivity contribution < 1.29 is 4.79 Å². The monoisotopic (exact) mass is 470 g/mol. The lowest BCUT2D eigenvalue weighted by Crippen LogP contribution is -2.16. The Hall–Kier alpha value is -3.74. The van der Waals surface area contributed by atoms with Crippen LogP contribution in [0.25, 0.3) is 27.0 Å². The number of amides is 1. The molecule has 5 rings (SSSR count). The third-order valence-corrected chi connectivity index (χ3v) is 6.84. The Morgan fingerprint density at radius 3 is 2.64 bits per heavy atom. The summed E-state index contributed by atoms with van der Waals surface area (Å²) in [6.07, 6.45) is 3.51. The highest BCUT2D eigenvalue weighted by atomic mass is 35.5. The van der Waals surface area contributed by atoms with Gasteiger partial charge >= 0.3 is 0 Å². The summed E-state index contributed by atoms with van der Waals surface area (Å²) in [5, 5.41) is 10.3. The average Bonchev–Trinajstić information content (AvgIpc) is 3.41. The standard InChI is InChI=1S/C26H19ClN4OS/c1-17-8-7-9-18(14-17)24-19(16-31(30-24)20-10-3-2-4-11-20)15-28-29-26(32)25-23(27)21-12-5-6-13-22(21)33-25/h2-16H,1H3,(H,29,32)/b28-15-. The van der Waals surface area contributed by atoms with Crippen LogP contribution in [0, 0.1) is 6.92 Å². The number of hydrogen-bond donors (Lipinski definition) is 1. The minimum Gasteiger partial charge on any atom is -0.266 e. The Bertz CT molecular complexity index is 1490. The molecule has 0 unspecified atom stereocenters. The van der Waals surface area contributed by atoms with Gasteiger partial charge in [-0.3, -0.25) is 4.79 Å². The first-order chi connectivity index (χ1) is 16.1. The van der Waals surface area contributed by atoms with Crippen molar-refractivity contribution in [3.05, 3.63) is 106 Å². The van der Waals surface area contributed by atoms with Crippen LogP contribution in [0.15, 0.2) is 90.2 Å². The van der Waals surface area contributed by atoms with Crippen LogP contribution in [0.5, 0.6) is 0 Å². The highest BCUT2D eigenvalue weighted by molar-refractivity contribution is 7.21. The van der Waals surface area contributed by atoms with Crippen LogP contribution < -0.4 is 5.43 Å². The number of fused-ring (bicyclic) bond motifs is 1. The maximum absolute atomic E-state index is 12.7. The van der Waals surface area contributed by atoms with E-state index in [0.717, 1.165) is 38.2 Å². The van der Waals surface area contributed by atoms with Crippen molar-refractivity contribution in [3.63, 3.8) is 0 Å². The molecule has 7 heteroatoms. The molecule has 1 amide bonds. The summed E-state index contributed by atoms with van der Waals surface area (Å²) in [7, 11) is 0. The number of hydrazone groups is 1. The van der Waals surface area contributed by atoms with Gasteiger partial charge in [-0.2, -0.15) is 10.2 Å². The number of thiophene rings is 1. The Balaban J connectivity index is 1.46. The average molecular weight is 471 g/mol. The quantitative estimate of drug-likeness (QED) is 0.236. The van der Waals surface area contributed by atoms with Crippen LogP contribution >= 0.6 is 22.9 Å². The van der Waals surface area contributed by atoms with Gasteiger partial charge in [0.2, 0.25) is 0 Å². The molecule has 2 aromatic heterocycles. The topological polar surface area (TPSA) is 59.3 Å². The predicted molar refractivity (Wildman–Crippen MR) is 136 cm³/mol. The second-order valence-electron chi connectivity index (χ2n) is 7.52.